The van der Waals surface area contributed by atoms with Gasteiger partial charge in [-0.25, -0.2) is 9.78 Å². The van der Waals surface area contributed by atoms with Crippen LogP contribution in [0.15, 0.2) is 48.5 Å². The number of aromatic carboxylic acids is 1. The van der Waals surface area contributed by atoms with Crippen LogP contribution in [0.1, 0.15) is 62.4 Å². The zero-order valence-electron chi connectivity index (χ0n) is 29.1. The number of amides is 1. The van der Waals surface area contributed by atoms with Crippen LogP contribution in [0.3, 0.4) is 0 Å². The summed E-state index contributed by atoms with van der Waals surface area (Å²) in [4.78, 5) is 33.2. The maximum atomic E-state index is 15.0. The van der Waals surface area contributed by atoms with E-state index in [9.17, 15) is 9.90 Å². The Hall–Kier alpha value is -4.57. The molecule has 51 heavy (non-hydrogen) atoms. The molecule has 262 valence electrons. The molecule has 0 radical (unpaired) electrons. The second kappa shape index (κ2) is 13.2. The lowest BCUT2D eigenvalue weighted by atomic mass is 9.98. The fraction of sp³-hybridized carbons (Fsp3) is 0.282. The van der Waals surface area contributed by atoms with Crippen molar-refractivity contribution in [3.63, 3.8) is 0 Å². The maximum absolute atomic E-state index is 15.0. The molecule has 0 aliphatic carbocycles. The monoisotopic (exact) mass is 743 g/mol. The summed E-state index contributed by atoms with van der Waals surface area (Å²) in [6.45, 7) is 10.8. The van der Waals surface area contributed by atoms with Gasteiger partial charge in [-0.05, 0) is 94.5 Å². The molecule has 3 aromatic heterocycles. The summed E-state index contributed by atoms with van der Waals surface area (Å²) in [5.41, 5.74) is 8.44. The molecule has 1 amide bonds. The van der Waals surface area contributed by atoms with E-state index in [1.165, 1.54) is 0 Å². The Balaban J connectivity index is 1.38. The molecular weight excluding hydrogens is 709 g/mol. The highest BCUT2D eigenvalue weighted by molar-refractivity contribution is 6.35. The summed E-state index contributed by atoms with van der Waals surface area (Å²) in [7, 11) is 1.91. The number of ether oxygens (including phenoxy) is 1. The van der Waals surface area contributed by atoms with Crippen LogP contribution in [0, 0.1) is 27.7 Å². The van der Waals surface area contributed by atoms with Gasteiger partial charge in [0.2, 0.25) is 0 Å². The second-order valence-electron chi connectivity index (χ2n) is 13.2. The van der Waals surface area contributed by atoms with Gasteiger partial charge in [0.1, 0.15) is 11.4 Å². The van der Waals surface area contributed by atoms with Crippen molar-refractivity contribution >= 4 is 74.2 Å². The van der Waals surface area contributed by atoms with Crippen molar-refractivity contribution in [2.45, 2.75) is 60.0 Å². The summed E-state index contributed by atoms with van der Waals surface area (Å²) >= 11 is 19.7. The number of nitrogens with zero attached hydrogens (tertiary/aromatic N) is 5. The summed E-state index contributed by atoms with van der Waals surface area (Å²) in [6.07, 6.45) is 1.19. The first-order valence-electron chi connectivity index (χ1n) is 16.7. The first kappa shape index (κ1) is 34.9. The summed E-state index contributed by atoms with van der Waals surface area (Å²) < 4.78 is 10.1. The first-order chi connectivity index (χ1) is 24.3. The SMILES string of the molecule is Cc1cc(OCCCc2c3n(c4c(-c5c(C)nn(C)c5C)c(Cl)ccc24)C[C@@H](C)N(c2cccc4cc(Cl)c(C(=O)O)nc24)C3=O)cc(C)c1Cl. The van der Waals surface area contributed by atoms with E-state index in [2.05, 4.69) is 14.6 Å². The molecule has 1 atom stereocenters. The number of carbonyl (C=O) groups is 2. The molecule has 7 rings (SSSR count). The van der Waals surface area contributed by atoms with Crippen LogP contribution in [0.25, 0.3) is 32.9 Å². The molecule has 1 aliphatic rings. The molecule has 1 aliphatic heterocycles. The van der Waals surface area contributed by atoms with Crippen molar-refractivity contribution in [2.75, 3.05) is 11.5 Å². The number of carbonyl (C=O) groups excluding carboxylic acids is 1. The van der Waals surface area contributed by atoms with Crippen molar-refractivity contribution < 1.29 is 19.4 Å². The van der Waals surface area contributed by atoms with Gasteiger partial charge in [0, 0.05) is 46.2 Å². The van der Waals surface area contributed by atoms with Crippen LogP contribution in [0.5, 0.6) is 5.75 Å². The standard InChI is InChI=1S/C39H36Cl3N5O4/c1-19-15-25(16-20(2)33(19)42)51-14-8-10-26-27-12-13-28(40)32(31-22(4)44-45(6)23(31)5)36(27)46-18-21(3)47(38(48)37(26)46)30-11-7-9-24-17-29(41)35(39(49)50)43-34(24)30/h7,9,11-13,15-17,21H,8,10,14,18H2,1-6H3,(H,49,50)/t21-/m1/s1. The lowest BCUT2D eigenvalue weighted by Gasteiger charge is -2.36. The van der Waals surface area contributed by atoms with Gasteiger partial charge < -0.3 is 19.3 Å². The topological polar surface area (TPSA) is 102 Å². The summed E-state index contributed by atoms with van der Waals surface area (Å²) in [6, 6.07) is 14.4. The van der Waals surface area contributed by atoms with Gasteiger partial charge in [0.05, 0.1) is 45.1 Å². The molecule has 1 N–H and O–H groups in total. The van der Waals surface area contributed by atoms with Gasteiger partial charge in [-0.3, -0.25) is 9.48 Å². The minimum absolute atomic E-state index is 0.0316. The highest BCUT2D eigenvalue weighted by Gasteiger charge is 2.38. The predicted molar refractivity (Wildman–Crippen MR) is 203 cm³/mol. The van der Waals surface area contributed by atoms with Gasteiger partial charge in [-0.15, -0.1) is 0 Å². The number of rotatable bonds is 8. The summed E-state index contributed by atoms with van der Waals surface area (Å²) in [5.74, 6) is -0.712. The van der Waals surface area contributed by atoms with E-state index in [0.29, 0.717) is 53.3 Å². The Labute approximate surface area is 310 Å². The third kappa shape index (κ3) is 5.81. The minimum Gasteiger partial charge on any atom is -0.494 e. The van der Waals surface area contributed by atoms with Crippen molar-refractivity contribution in [1.82, 2.24) is 19.3 Å². The Morgan fingerprint density at radius 2 is 1.73 bits per heavy atom. The number of aryl methyl sites for hydroxylation is 5. The molecule has 0 saturated carbocycles. The number of pyridine rings is 1. The fourth-order valence-corrected chi connectivity index (χ4v) is 8.08. The lowest BCUT2D eigenvalue weighted by Crippen LogP contribution is -2.47. The van der Waals surface area contributed by atoms with Crippen LogP contribution < -0.4 is 9.64 Å². The molecule has 9 nitrogen and oxygen atoms in total. The number of benzene rings is 3. The molecule has 3 aromatic carbocycles. The maximum Gasteiger partial charge on any atom is 0.356 e. The van der Waals surface area contributed by atoms with Gasteiger partial charge >= 0.3 is 5.97 Å². The fourth-order valence-electron chi connectivity index (χ4n) is 7.48. The van der Waals surface area contributed by atoms with E-state index in [1.54, 1.807) is 23.1 Å². The zero-order valence-corrected chi connectivity index (χ0v) is 31.3. The van der Waals surface area contributed by atoms with Crippen LogP contribution in [-0.4, -0.2) is 49.0 Å². The normalized spacial score (nSPS) is 14.5. The number of carboxylic acids is 1. The first-order valence-corrected chi connectivity index (χ1v) is 17.8. The van der Waals surface area contributed by atoms with Crippen molar-refractivity contribution in [3.05, 3.63) is 103 Å². The van der Waals surface area contributed by atoms with Crippen LogP contribution in [-0.2, 0) is 20.0 Å². The Bertz CT molecular complexity index is 2410. The zero-order chi connectivity index (χ0) is 36.5. The predicted octanol–water partition coefficient (Wildman–Crippen LogP) is 9.54. The van der Waals surface area contributed by atoms with E-state index in [-0.39, 0.29) is 22.7 Å². The molecule has 4 heterocycles. The van der Waals surface area contributed by atoms with Crippen LogP contribution >= 0.6 is 34.8 Å². The summed E-state index contributed by atoms with van der Waals surface area (Å²) in [5, 5.41) is 17.4. The number of hydrogen-bond donors (Lipinski definition) is 1. The average Bonchev–Trinajstić information content (AvgIpc) is 3.52. The Kier molecular flexibility index (Phi) is 9.02. The van der Waals surface area contributed by atoms with E-state index in [4.69, 9.17) is 39.5 Å². The Morgan fingerprint density at radius 3 is 2.39 bits per heavy atom. The van der Waals surface area contributed by atoms with Gasteiger partial charge in [-0.2, -0.15) is 5.10 Å². The minimum atomic E-state index is -1.24. The van der Waals surface area contributed by atoms with E-state index >= 15 is 4.79 Å². The molecule has 0 bridgehead atoms. The van der Waals surface area contributed by atoms with E-state index in [0.717, 1.165) is 60.9 Å². The third-order valence-corrected chi connectivity index (χ3v) is 11.0. The molecule has 0 saturated heterocycles. The van der Waals surface area contributed by atoms with E-state index < -0.39 is 5.97 Å². The van der Waals surface area contributed by atoms with Crippen LogP contribution in [0.4, 0.5) is 5.69 Å². The highest BCUT2D eigenvalue weighted by atomic mass is 35.5. The molecule has 0 fully saturated rings. The number of halogens is 3. The van der Waals surface area contributed by atoms with Crippen molar-refractivity contribution in [3.8, 4) is 16.9 Å². The number of carboxylic acid groups (broad SMARTS) is 1. The molecular formula is C39H36Cl3N5O4. The van der Waals surface area contributed by atoms with Gasteiger partial charge in [-0.1, -0.05) is 53.0 Å². The number of anilines is 1. The largest absolute Gasteiger partial charge is 0.494 e. The average molecular weight is 745 g/mol. The second-order valence-corrected chi connectivity index (χ2v) is 14.4. The van der Waals surface area contributed by atoms with Gasteiger partial charge in [0.15, 0.2) is 5.69 Å². The smallest absolute Gasteiger partial charge is 0.356 e. The number of hydrogen-bond acceptors (Lipinski definition) is 5. The van der Waals surface area contributed by atoms with Crippen molar-refractivity contribution in [1.29, 1.82) is 0 Å². The molecule has 0 unspecified atom stereocenters. The molecule has 12 heteroatoms. The number of para-hydroxylation sites is 1. The van der Waals surface area contributed by atoms with Crippen LogP contribution in [0.2, 0.25) is 15.1 Å². The Morgan fingerprint density at radius 1 is 1.00 bits per heavy atom. The molecule has 6 aromatic rings. The number of fused-ring (bicyclic) bond motifs is 4. The van der Waals surface area contributed by atoms with Gasteiger partial charge in [0.25, 0.3) is 5.91 Å². The third-order valence-electron chi connectivity index (χ3n) is 9.84. The highest BCUT2D eigenvalue weighted by Crippen LogP contribution is 2.44. The van der Waals surface area contributed by atoms with Crippen molar-refractivity contribution in [2.24, 2.45) is 7.05 Å². The molecule has 0 spiro atoms. The quantitative estimate of drug-likeness (QED) is 0.156. The number of aromatic nitrogens is 4. The van der Waals surface area contributed by atoms with E-state index in [1.807, 2.05) is 76.7 Å². The lowest BCUT2D eigenvalue weighted by molar-refractivity contribution is 0.0691.